The molecule has 0 unspecified atom stereocenters. The topological polar surface area (TPSA) is 12.9 Å². The van der Waals surface area contributed by atoms with Crippen LogP contribution in [0.5, 0.6) is 0 Å². The molecule has 0 aliphatic carbocycles. The predicted octanol–water partition coefficient (Wildman–Crippen LogP) is 2.89. The van der Waals surface area contributed by atoms with Crippen molar-refractivity contribution in [1.82, 2.24) is 4.98 Å². The molecule has 0 saturated carbocycles. The minimum atomic E-state index is 1.16. The Morgan fingerprint density at radius 3 is 2.73 bits per heavy atom. The van der Waals surface area contributed by atoms with E-state index in [9.17, 15) is 0 Å². The molecule has 0 aromatic carbocycles. The fraction of sp³-hybridized carbons (Fsp3) is 0.300. The molecule has 1 heteroatoms. The fourth-order valence-corrected chi connectivity index (χ4v) is 0.861. The Bertz CT molecular complexity index is 214. The molecule has 0 fully saturated rings. The van der Waals surface area contributed by atoms with Gasteiger partial charge in [-0.05, 0) is 24.1 Å². The van der Waals surface area contributed by atoms with E-state index < -0.39 is 0 Å². The highest BCUT2D eigenvalue weighted by atomic mass is 14.6. The van der Waals surface area contributed by atoms with E-state index in [1.165, 1.54) is 12.0 Å². The molecule has 1 rings (SSSR count). The maximum Gasteiger partial charge on any atom is 0.0273 e. The Kier molecular flexibility index (Phi) is 3.39. The summed E-state index contributed by atoms with van der Waals surface area (Å²) >= 11 is 0. The SMILES string of the molecule is CCC/C=C\c1ccncc1. The van der Waals surface area contributed by atoms with E-state index >= 15 is 0 Å². The zero-order valence-electron chi connectivity index (χ0n) is 6.83. The molecule has 1 aromatic heterocycles. The summed E-state index contributed by atoms with van der Waals surface area (Å²) < 4.78 is 0. The lowest BCUT2D eigenvalue weighted by Gasteiger charge is -1.89. The lowest BCUT2D eigenvalue weighted by molar-refractivity contribution is 0.962. The number of allylic oxidation sites excluding steroid dienone is 1. The van der Waals surface area contributed by atoms with Gasteiger partial charge in [0.05, 0.1) is 0 Å². The summed E-state index contributed by atoms with van der Waals surface area (Å²) in [5, 5.41) is 0. The van der Waals surface area contributed by atoms with E-state index in [0.717, 1.165) is 6.42 Å². The summed E-state index contributed by atoms with van der Waals surface area (Å²) in [6.07, 6.45) is 10.3. The van der Waals surface area contributed by atoms with Crippen molar-refractivity contribution < 1.29 is 0 Å². The molecule has 0 aliphatic rings. The Balaban J connectivity index is 2.50. The van der Waals surface area contributed by atoms with Crippen LogP contribution < -0.4 is 0 Å². The average molecular weight is 147 g/mol. The molecule has 0 spiro atoms. The summed E-state index contributed by atoms with van der Waals surface area (Å²) in [5.74, 6) is 0. The lowest BCUT2D eigenvalue weighted by Crippen LogP contribution is -1.71. The molecule has 1 aromatic rings. The Morgan fingerprint density at radius 2 is 2.09 bits per heavy atom. The number of nitrogens with zero attached hydrogens (tertiary/aromatic N) is 1. The number of rotatable bonds is 3. The third-order valence-corrected chi connectivity index (χ3v) is 1.47. The van der Waals surface area contributed by atoms with Crippen LogP contribution in [0.25, 0.3) is 6.08 Å². The Labute approximate surface area is 67.8 Å². The highest BCUT2D eigenvalue weighted by Gasteiger charge is 1.81. The quantitative estimate of drug-likeness (QED) is 0.640. The first-order valence-corrected chi connectivity index (χ1v) is 4.00. The van der Waals surface area contributed by atoms with Gasteiger partial charge in [0.25, 0.3) is 0 Å². The van der Waals surface area contributed by atoms with Gasteiger partial charge in [0.15, 0.2) is 0 Å². The molecule has 0 saturated heterocycles. The van der Waals surface area contributed by atoms with Gasteiger partial charge < -0.3 is 0 Å². The van der Waals surface area contributed by atoms with E-state index in [2.05, 4.69) is 24.1 Å². The first kappa shape index (κ1) is 7.99. The van der Waals surface area contributed by atoms with Crippen LogP contribution in [0.15, 0.2) is 30.6 Å². The average Bonchev–Trinajstić information content (AvgIpc) is 2.07. The van der Waals surface area contributed by atoms with Crippen molar-refractivity contribution in [2.75, 3.05) is 0 Å². The molecule has 58 valence electrons. The van der Waals surface area contributed by atoms with E-state index in [1.54, 1.807) is 0 Å². The maximum absolute atomic E-state index is 3.94. The van der Waals surface area contributed by atoms with Crippen LogP contribution in [0, 0.1) is 0 Å². The number of hydrogen-bond acceptors (Lipinski definition) is 1. The van der Waals surface area contributed by atoms with E-state index in [0.29, 0.717) is 0 Å². The van der Waals surface area contributed by atoms with Gasteiger partial charge in [0.1, 0.15) is 0 Å². The molecular weight excluding hydrogens is 134 g/mol. The number of unbranched alkanes of at least 4 members (excludes halogenated alkanes) is 1. The second-order valence-corrected chi connectivity index (χ2v) is 2.47. The van der Waals surface area contributed by atoms with E-state index in [-0.39, 0.29) is 0 Å². The molecule has 0 aliphatic heterocycles. The molecule has 0 atom stereocenters. The van der Waals surface area contributed by atoms with Crippen molar-refractivity contribution in [2.45, 2.75) is 19.8 Å². The van der Waals surface area contributed by atoms with Crippen LogP contribution in [-0.2, 0) is 0 Å². The molecule has 0 radical (unpaired) electrons. The summed E-state index contributed by atoms with van der Waals surface area (Å²) in [5.41, 5.74) is 1.23. The van der Waals surface area contributed by atoms with Crippen molar-refractivity contribution in [1.29, 1.82) is 0 Å². The van der Waals surface area contributed by atoms with Gasteiger partial charge in [-0.25, -0.2) is 0 Å². The van der Waals surface area contributed by atoms with Crippen LogP contribution in [0.1, 0.15) is 25.3 Å². The summed E-state index contributed by atoms with van der Waals surface area (Å²) in [4.78, 5) is 3.94. The van der Waals surface area contributed by atoms with Crippen molar-refractivity contribution in [3.8, 4) is 0 Å². The molecule has 0 bridgehead atoms. The third-order valence-electron chi connectivity index (χ3n) is 1.47. The number of hydrogen-bond donors (Lipinski definition) is 0. The second-order valence-electron chi connectivity index (χ2n) is 2.47. The first-order valence-electron chi connectivity index (χ1n) is 4.00. The van der Waals surface area contributed by atoms with Gasteiger partial charge in [0, 0.05) is 12.4 Å². The first-order chi connectivity index (χ1) is 5.43. The van der Waals surface area contributed by atoms with Gasteiger partial charge in [-0.15, -0.1) is 0 Å². The minimum absolute atomic E-state index is 1.16. The van der Waals surface area contributed by atoms with Gasteiger partial charge in [0.2, 0.25) is 0 Å². The van der Waals surface area contributed by atoms with E-state index in [1.807, 2.05) is 24.5 Å². The van der Waals surface area contributed by atoms with Crippen LogP contribution in [0.3, 0.4) is 0 Å². The highest BCUT2D eigenvalue weighted by Crippen LogP contribution is 2.00. The Hall–Kier alpha value is -1.11. The monoisotopic (exact) mass is 147 g/mol. The van der Waals surface area contributed by atoms with Crippen molar-refractivity contribution >= 4 is 6.08 Å². The zero-order valence-corrected chi connectivity index (χ0v) is 6.83. The normalized spacial score (nSPS) is 10.6. The summed E-state index contributed by atoms with van der Waals surface area (Å²) in [7, 11) is 0. The third kappa shape index (κ3) is 2.99. The zero-order chi connectivity index (χ0) is 7.94. The summed E-state index contributed by atoms with van der Waals surface area (Å²) in [6, 6.07) is 4.01. The fourth-order valence-electron chi connectivity index (χ4n) is 0.861. The maximum atomic E-state index is 3.94. The van der Waals surface area contributed by atoms with E-state index in [4.69, 9.17) is 0 Å². The van der Waals surface area contributed by atoms with Crippen LogP contribution in [0.4, 0.5) is 0 Å². The van der Waals surface area contributed by atoms with Crippen LogP contribution >= 0.6 is 0 Å². The number of aromatic nitrogens is 1. The smallest absolute Gasteiger partial charge is 0.0273 e. The van der Waals surface area contributed by atoms with Gasteiger partial charge in [-0.3, -0.25) is 4.98 Å². The van der Waals surface area contributed by atoms with Gasteiger partial charge in [-0.1, -0.05) is 25.5 Å². The molecule has 11 heavy (non-hydrogen) atoms. The standard InChI is InChI=1S/C10H13N/c1-2-3-4-5-10-6-8-11-9-7-10/h4-9H,2-3H2,1H3/b5-4-. The van der Waals surface area contributed by atoms with Gasteiger partial charge >= 0.3 is 0 Å². The van der Waals surface area contributed by atoms with Crippen LogP contribution in [-0.4, -0.2) is 4.98 Å². The van der Waals surface area contributed by atoms with Crippen molar-refractivity contribution in [3.05, 3.63) is 36.2 Å². The molecule has 0 amide bonds. The lowest BCUT2D eigenvalue weighted by atomic mass is 10.2. The molecule has 0 N–H and O–H groups in total. The second kappa shape index (κ2) is 4.67. The largest absolute Gasteiger partial charge is 0.265 e. The molecular formula is C10H13N. The minimum Gasteiger partial charge on any atom is -0.265 e. The van der Waals surface area contributed by atoms with Crippen molar-refractivity contribution in [2.24, 2.45) is 0 Å². The highest BCUT2D eigenvalue weighted by molar-refractivity contribution is 5.47. The number of pyridine rings is 1. The Morgan fingerprint density at radius 1 is 1.36 bits per heavy atom. The van der Waals surface area contributed by atoms with Gasteiger partial charge in [-0.2, -0.15) is 0 Å². The van der Waals surface area contributed by atoms with Crippen molar-refractivity contribution in [3.63, 3.8) is 0 Å². The molecule has 1 nitrogen and oxygen atoms in total. The van der Waals surface area contributed by atoms with Crippen LogP contribution in [0.2, 0.25) is 0 Å². The predicted molar refractivity (Wildman–Crippen MR) is 48.2 cm³/mol. The summed E-state index contributed by atoms with van der Waals surface area (Å²) in [6.45, 7) is 2.18. The molecule has 1 heterocycles.